The summed E-state index contributed by atoms with van der Waals surface area (Å²) in [4.78, 5) is 22.2. The highest BCUT2D eigenvalue weighted by atomic mass is 16.5. The van der Waals surface area contributed by atoms with Crippen LogP contribution in [0, 0.1) is 5.92 Å². The lowest BCUT2D eigenvalue weighted by Crippen LogP contribution is -2.46. The Morgan fingerprint density at radius 3 is 2.29 bits per heavy atom. The van der Waals surface area contributed by atoms with E-state index in [1.165, 1.54) is 14.2 Å². The van der Waals surface area contributed by atoms with Crippen LogP contribution >= 0.6 is 0 Å². The Kier molecular flexibility index (Phi) is 5.67. The predicted molar refractivity (Wildman–Crippen MR) is 52.9 cm³/mol. The van der Waals surface area contributed by atoms with E-state index in [9.17, 15) is 9.59 Å². The summed E-state index contributed by atoms with van der Waals surface area (Å²) in [5.74, 6) is -0.0986. The first-order valence-corrected chi connectivity index (χ1v) is 4.57. The summed E-state index contributed by atoms with van der Waals surface area (Å²) < 4.78 is 4.58. The van der Waals surface area contributed by atoms with Crippen molar-refractivity contribution in [2.75, 3.05) is 14.2 Å². The Bertz CT molecular complexity index is 204. The summed E-state index contributed by atoms with van der Waals surface area (Å²) >= 11 is 0. The van der Waals surface area contributed by atoms with Crippen LogP contribution in [-0.4, -0.2) is 32.2 Å². The van der Waals surface area contributed by atoms with Crippen molar-refractivity contribution in [2.45, 2.75) is 26.3 Å². The maximum atomic E-state index is 11.2. The minimum absolute atomic E-state index is 0.316. The van der Waals surface area contributed by atoms with E-state index >= 15 is 0 Å². The normalized spacial score (nSPS) is 12.1. The van der Waals surface area contributed by atoms with Gasteiger partial charge in [-0.3, -0.25) is 0 Å². The van der Waals surface area contributed by atoms with Crippen LogP contribution in [0.2, 0.25) is 0 Å². The van der Waals surface area contributed by atoms with Crippen LogP contribution in [0.1, 0.15) is 20.3 Å². The highest BCUT2D eigenvalue weighted by Gasteiger charge is 2.21. The number of carbonyl (C=O) groups is 2. The molecule has 82 valence electrons. The summed E-state index contributed by atoms with van der Waals surface area (Å²) in [5, 5.41) is 4.91. The molecule has 0 aromatic carbocycles. The topological polar surface area (TPSA) is 67.4 Å². The van der Waals surface area contributed by atoms with E-state index in [1.54, 1.807) is 0 Å². The Balaban J connectivity index is 4.24. The molecule has 0 bridgehead atoms. The van der Waals surface area contributed by atoms with Gasteiger partial charge < -0.3 is 15.4 Å². The van der Waals surface area contributed by atoms with Crippen molar-refractivity contribution in [1.82, 2.24) is 10.6 Å². The van der Waals surface area contributed by atoms with E-state index in [1.807, 2.05) is 13.8 Å². The van der Waals surface area contributed by atoms with Crippen molar-refractivity contribution in [3.8, 4) is 0 Å². The summed E-state index contributed by atoms with van der Waals surface area (Å²) in [5.41, 5.74) is 0. The maximum absolute atomic E-state index is 11.2. The Hall–Kier alpha value is -1.26. The molecule has 0 aromatic rings. The number of hydrogen-bond acceptors (Lipinski definition) is 3. The van der Waals surface area contributed by atoms with Crippen LogP contribution in [0.15, 0.2) is 0 Å². The van der Waals surface area contributed by atoms with E-state index in [2.05, 4.69) is 15.4 Å². The van der Waals surface area contributed by atoms with E-state index < -0.39 is 12.0 Å². The fourth-order valence-electron chi connectivity index (χ4n) is 1.06. The lowest BCUT2D eigenvalue weighted by atomic mass is 10.0. The average molecular weight is 202 g/mol. The monoisotopic (exact) mass is 202 g/mol. The van der Waals surface area contributed by atoms with E-state index in [4.69, 9.17) is 0 Å². The third kappa shape index (κ3) is 4.69. The predicted octanol–water partition coefficient (Wildman–Crippen LogP) is 0.503. The zero-order chi connectivity index (χ0) is 11.1. The molecule has 0 aliphatic rings. The van der Waals surface area contributed by atoms with Crippen molar-refractivity contribution in [3.63, 3.8) is 0 Å². The zero-order valence-corrected chi connectivity index (χ0v) is 9.09. The van der Waals surface area contributed by atoms with Crippen molar-refractivity contribution in [3.05, 3.63) is 0 Å². The molecule has 0 heterocycles. The molecule has 1 unspecified atom stereocenters. The highest BCUT2D eigenvalue weighted by molar-refractivity contribution is 5.83. The molecule has 0 spiro atoms. The second kappa shape index (κ2) is 6.23. The van der Waals surface area contributed by atoms with Gasteiger partial charge in [-0.15, -0.1) is 0 Å². The number of urea groups is 1. The molecule has 0 aromatic heterocycles. The number of amides is 2. The maximum Gasteiger partial charge on any atom is 0.328 e. The molecular weight excluding hydrogens is 184 g/mol. The molecule has 1 atom stereocenters. The van der Waals surface area contributed by atoms with Crippen molar-refractivity contribution >= 4 is 12.0 Å². The SMILES string of the molecule is CNC(=O)NC(CC(C)C)C(=O)OC. The first kappa shape index (κ1) is 12.7. The lowest BCUT2D eigenvalue weighted by molar-refractivity contribution is -0.143. The van der Waals surface area contributed by atoms with E-state index in [-0.39, 0.29) is 6.03 Å². The molecule has 2 N–H and O–H groups in total. The van der Waals surface area contributed by atoms with Crippen LogP contribution in [0.4, 0.5) is 4.79 Å². The van der Waals surface area contributed by atoms with E-state index in [0.717, 1.165) is 0 Å². The van der Waals surface area contributed by atoms with Crippen LogP contribution in [0.25, 0.3) is 0 Å². The zero-order valence-electron chi connectivity index (χ0n) is 9.09. The molecular formula is C9H18N2O3. The van der Waals surface area contributed by atoms with Crippen LogP contribution in [0.5, 0.6) is 0 Å². The first-order chi connectivity index (χ1) is 6.51. The van der Waals surface area contributed by atoms with Crippen molar-refractivity contribution in [1.29, 1.82) is 0 Å². The molecule has 0 aliphatic heterocycles. The molecule has 14 heavy (non-hydrogen) atoms. The third-order valence-corrected chi connectivity index (χ3v) is 1.73. The van der Waals surface area contributed by atoms with Gasteiger partial charge in [-0.1, -0.05) is 13.8 Å². The van der Waals surface area contributed by atoms with Gasteiger partial charge in [0, 0.05) is 7.05 Å². The Labute approximate surface area is 84.2 Å². The number of esters is 1. The summed E-state index contributed by atoms with van der Waals surface area (Å²) in [7, 11) is 2.81. The third-order valence-electron chi connectivity index (χ3n) is 1.73. The molecule has 0 saturated heterocycles. The number of methoxy groups -OCH3 is 1. The molecule has 0 rings (SSSR count). The minimum atomic E-state index is -0.569. The highest BCUT2D eigenvalue weighted by Crippen LogP contribution is 2.05. The van der Waals surface area contributed by atoms with Crippen LogP contribution in [-0.2, 0) is 9.53 Å². The fourth-order valence-corrected chi connectivity index (χ4v) is 1.06. The first-order valence-electron chi connectivity index (χ1n) is 4.57. The van der Waals surface area contributed by atoms with Gasteiger partial charge in [0.25, 0.3) is 0 Å². The smallest absolute Gasteiger partial charge is 0.328 e. The van der Waals surface area contributed by atoms with Gasteiger partial charge in [-0.05, 0) is 12.3 Å². The molecule has 2 amide bonds. The molecule has 0 aliphatic carbocycles. The number of ether oxygens (including phenoxy) is 1. The van der Waals surface area contributed by atoms with Gasteiger partial charge in [0.05, 0.1) is 7.11 Å². The second-order valence-electron chi connectivity index (χ2n) is 3.43. The molecule has 0 fully saturated rings. The van der Waals surface area contributed by atoms with Gasteiger partial charge in [-0.2, -0.15) is 0 Å². The average Bonchev–Trinajstić information content (AvgIpc) is 2.14. The summed E-state index contributed by atoms with van der Waals surface area (Å²) in [6, 6.07) is -0.944. The fraction of sp³-hybridized carbons (Fsp3) is 0.778. The van der Waals surface area contributed by atoms with Gasteiger partial charge >= 0.3 is 12.0 Å². The Morgan fingerprint density at radius 1 is 1.36 bits per heavy atom. The molecule has 0 saturated carbocycles. The number of rotatable bonds is 4. The number of hydrogen-bond donors (Lipinski definition) is 2. The largest absolute Gasteiger partial charge is 0.467 e. The summed E-state index contributed by atoms with van der Waals surface area (Å²) in [6.07, 6.45) is 0.570. The standard InChI is InChI=1S/C9H18N2O3/c1-6(2)5-7(8(12)14-4)11-9(13)10-3/h6-7H,5H2,1-4H3,(H2,10,11,13). The molecule has 0 radical (unpaired) electrons. The second-order valence-corrected chi connectivity index (χ2v) is 3.43. The van der Waals surface area contributed by atoms with Gasteiger partial charge in [0.1, 0.15) is 6.04 Å². The minimum Gasteiger partial charge on any atom is -0.467 e. The summed E-state index contributed by atoms with van der Waals surface area (Å²) in [6.45, 7) is 3.95. The van der Waals surface area contributed by atoms with Gasteiger partial charge in [0.15, 0.2) is 0 Å². The van der Waals surface area contributed by atoms with Crippen molar-refractivity contribution in [2.24, 2.45) is 5.92 Å². The quantitative estimate of drug-likeness (QED) is 0.652. The number of carbonyl (C=O) groups excluding carboxylic acids is 2. The van der Waals surface area contributed by atoms with Gasteiger partial charge in [0.2, 0.25) is 0 Å². The molecule has 5 heteroatoms. The van der Waals surface area contributed by atoms with Crippen LogP contribution < -0.4 is 10.6 Å². The van der Waals surface area contributed by atoms with Gasteiger partial charge in [-0.25, -0.2) is 9.59 Å². The van der Waals surface area contributed by atoms with Crippen molar-refractivity contribution < 1.29 is 14.3 Å². The number of nitrogens with one attached hydrogen (secondary N) is 2. The molecule has 5 nitrogen and oxygen atoms in total. The Morgan fingerprint density at radius 2 is 1.93 bits per heavy atom. The van der Waals surface area contributed by atoms with E-state index in [0.29, 0.717) is 12.3 Å². The lowest BCUT2D eigenvalue weighted by Gasteiger charge is -2.17. The van der Waals surface area contributed by atoms with Crippen LogP contribution in [0.3, 0.4) is 0 Å².